The van der Waals surface area contributed by atoms with Crippen molar-refractivity contribution in [3.8, 4) is 11.1 Å². The van der Waals surface area contributed by atoms with Crippen molar-refractivity contribution in [1.29, 1.82) is 0 Å². The van der Waals surface area contributed by atoms with Crippen LogP contribution in [0.15, 0.2) is 78.0 Å². The van der Waals surface area contributed by atoms with E-state index in [-0.39, 0.29) is 4.90 Å². The normalized spacial score (nSPS) is 14.1. The van der Waals surface area contributed by atoms with E-state index in [9.17, 15) is 13.2 Å². The van der Waals surface area contributed by atoms with Gasteiger partial charge in [0.25, 0.3) is 15.9 Å². The quantitative estimate of drug-likeness (QED) is 0.286. The van der Waals surface area contributed by atoms with E-state index in [4.69, 9.17) is 5.21 Å². The maximum Gasteiger partial charge on any atom is 0.267 e. The summed E-state index contributed by atoms with van der Waals surface area (Å²) in [5.74, 6) is -0.697. The molecule has 1 fully saturated rings. The maximum atomic E-state index is 13.0. The fourth-order valence-electron chi connectivity index (χ4n) is 3.17. The van der Waals surface area contributed by atoms with Crippen molar-refractivity contribution in [1.82, 2.24) is 14.8 Å². The van der Waals surface area contributed by atoms with Crippen molar-refractivity contribution >= 4 is 22.0 Å². The second kappa shape index (κ2) is 8.89. The summed E-state index contributed by atoms with van der Waals surface area (Å²) < 4.78 is 27.2. The van der Waals surface area contributed by atoms with E-state index in [2.05, 4.69) is 17.4 Å². The molecule has 1 aliphatic carbocycles. The lowest BCUT2D eigenvalue weighted by atomic mass is 10.0. The van der Waals surface area contributed by atoms with Gasteiger partial charge in [0.2, 0.25) is 0 Å². The van der Waals surface area contributed by atoms with Crippen molar-refractivity contribution in [2.24, 2.45) is 0 Å². The number of nitrogens with zero attached hydrogens (tertiary/aromatic N) is 1. The molecule has 0 atom stereocenters. The minimum absolute atomic E-state index is 0.170. The first-order valence-corrected chi connectivity index (χ1v) is 11.4. The molecule has 0 radical (unpaired) electrons. The van der Waals surface area contributed by atoms with Crippen molar-refractivity contribution in [2.75, 3.05) is 0 Å². The number of aromatic nitrogens is 1. The van der Waals surface area contributed by atoms with Crippen molar-refractivity contribution < 1.29 is 18.4 Å². The summed E-state index contributed by atoms with van der Waals surface area (Å²) in [7, 11) is -3.79. The van der Waals surface area contributed by atoms with E-state index in [0.29, 0.717) is 11.6 Å². The minimum Gasteiger partial charge on any atom is -0.310 e. The van der Waals surface area contributed by atoms with Crippen LogP contribution in [0.4, 0.5) is 0 Å². The highest BCUT2D eigenvalue weighted by atomic mass is 32.2. The van der Waals surface area contributed by atoms with Gasteiger partial charge < -0.3 is 5.32 Å². The topological polar surface area (TPSA) is 100 Å². The minimum atomic E-state index is -3.79. The molecule has 1 heterocycles. The monoisotopic (exact) mass is 437 g/mol. The van der Waals surface area contributed by atoms with Gasteiger partial charge in [-0.15, -0.1) is 0 Å². The number of hydroxylamine groups is 1. The zero-order chi connectivity index (χ0) is 21.8. The summed E-state index contributed by atoms with van der Waals surface area (Å²) in [6, 6.07) is 17.1. The molecule has 1 amide bonds. The van der Waals surface area contributed by atoms with E-state index in [1.807, 2.05) is 18.2 Å². The molecule has 160 valence electrons. The third-order valence-corrected chi connectivity index (χ3v) is 6.73. The molecule has 3 N–H and O–H groups in total. The predicted octanol–water partition coefficient (Wildman–Crippen LogP) is 3.16. The molecule has 7 nitrogen and oxygen atoms in total. The van der Waals surface area contributed by atoms with Crippen LogP contribution in [0.2, 0.25) is 0 Å². The summed E-state index contributed by atoms with van der Waals surface area (Å²) in [6.45, 7) is 0.837. The van der Waals surface area contributed by atoms with Gasteiger partial charge in [-0.05, 0) is 59.4 Å². The Bertz CT molecular complexity index is 1210. The van der Waals surface area contributed by atoms with Gasteiger partial charge in [-0.1, -0.05) is 36.4 Å². The Morgan fingerprint density at radius 3 is 2.58 bits per heavy atom. The predicted molar refractivity (Wildman–Crippen MR) is 118 cm³/mol. The van der Waals surface area contributed by atoms with E-state index in [0.717, 1.165) is 27.7 Å². The van der Waals surface area contributed by atoms with E-state index in [1.54, 1.807) is 24.3 Å². The number of amides is 1. The Hall–Kier alpha value is -3.20. The molecular weight excluding hydrogens is 414 g/mol. The van der Waals surface area contributed by atoms with Crippen LogP contribution in [-0.4, -0.2) is 29.5 Å². The summed E-state index contributed by atoms with van der Waals surface area (Å²) in [4.78, 5) is 11.3. The summed E-state index contributed by atoms with van der Waals surface area (Å²) in [5.41, 5.74) is 4.95. The lowest BCUT2D eigenvalue weighted by Gasteiger charge is -2.09. The Kier molecular flexibility index (Phi) is 6.03. The molecule has 0 saturated heterocycles. The first-order valence-electron chi connectivity index (χ1n) is 9.94. The fraction of sp³-hybridized carbons (Fsp3) is 0.174. The molecule has 0 aliphatic heterocycles. The first kappa shape index (κ1) is 21.0. The van der Waals surface area contributed by atoms with Crippen LogP contribution in [0.3, 0.4) is 0 Å². The second-order valence-electron chi connectivity index (χ2n) is 7.47. The lowest BCUT2D eigenvalue weighted by molar-refractivity contribution is -0.124. The molecule has 0 bridgehead atoms. The Labute approximate surface area is 181 Å². The van der Waals surface area contributed by atoms with Crippen molar-refractivity contribution in [2.45, 2.75) is 30.3 Å². The summed E-state index contributed by atoms with van der Waals surface area (Å²) in [6.07, 6.45) is 7.84. The van der Waals surface area contributed by atoms with Crippen LogP contribution < -0.4 is 10.8 Å². The van der Waals surface area contributed by atoms with Gasteiger partial charge in [-0.25, -0.2) is 17.9 Å². The third kappa shape index (κ3) is 5.11. The van der Waals surface area contributed by atoms with Crippen LogP contribution in [0.1, 0.15) is 24.0 Å². The molecule has 1 saturated carbocycles. The zero-order valence-electron chi connectivity index (χ0n) is 16.7. The smallest absolute Gasteiger partial charge is 0.267 e. The van der Waals surface area contributed by atoms with Crippen LogP contribution in [0.25, 0.3) is 17.2 Å². The SMILES string of the molecule is O=C(C=Cc1ccn(S(=O)(=O)c2cccc(-c3ccc(CNC4CC4)cc3)c2)c1)NO. The average molecular weight is 438 g/mol. The number of hydrogen-bond donors (Lipinski definition) is 3. The highest BCUT2D eigenvalue weighted by Gasteiger charge is 2.20. The molecule has 3 aromatic rings. The highest BCUT2D eigenvalue weighted by Crippen LogP contribution is 2.25. The van der Waals surface area contributed by atoms with Crippen molar-refractivity contribution in [3.63, 3.8) is 0 Å². The number of rotatable bonds is 8. The molecule has 1 aliphatic rings. The Morgan fingerprint density at radius 1 is 1.10 bits per heavy atom. The molecule has 0 unspecified atom stereocenters. The number of carbonyl (C=O) groups is 1. The van der Waals surface area contributed by atoms with Gasteiger partial charge in [0.15, 0.2) is 0 Å². The zero-order valence-corrected chi connectivity index (χ0v) is 17.5. The van der Waals surface area contributed by atoms with E-state index >= 15 is 0 Å². The maximum absolute atomic E-state index is 13.0. The second-order valence-corrected chi connectivity index (χ2v) is 9.31. The van der Waals surface area contributed by atoms with E-state index in [1.165, 1.54) is 42.4 Å². The highest BCUT2D eigenvalue weighted by molar-refractivity contribution is 7.90. The van der Waals surface area contributed by atoms with Gasteiger partial charge in [0.1, 0.15) is 0 Å². The van der Waals surface area contributed by atoms with Crippen LogP contribution in [0.5, 0.6) is 0 Å². The molecule has 1 aromatic heterocycles. The number of carbonyl (C=O) groups excluding carboxylic acids is 1. The number of benzene rings is 2. The molecule has 31 heavy (non-hydrogen) atoms. The van der Waals surface area contributed by atoms with Gasteiger partial charge in [0, 0.05) is 31.1 Å². The molecule has 8 heteroatoms. The van der Waals surface area contributed by atoms with Crippen LogP contribution in [0, 0.1) is 0 Å². The third-order valence-electron chi connectivity index (χ3n) is 5.10. The van der Waals surface area contributed by atoms with Gasteiger partial charge in [0.05, 0.1) is 4.90 Å². The van der Waals surface area contributed by atoms with E-state index < -0.39 is 15.9 Å². The molecule has 0 spiro atoms. The van der Waals surface area contributed by atoms with Crippen molar-refractivity contribution in [3.05, 3.63) is 84.2 Å². The largest absolute Gasteiger partial charge is 0.310 e. The van der Waals surface area contributed by atoms with Gasteiger partial charge in [-0.3, -0.25) is 10.0 Å². The number of nitrogens with one attached hydrogen (secondary N) is 2. The lowest BCUT2D eigenvalue weighted by Crippen LogP contribution is -2.15. The van der Waals surface area contributed by atoms with Gasteiger partial charge >= 0.3 is 0 Å². The van der Waals surface area contributed by atoms with Crippen LogP contribution in [-0.2, 0) is 21.4 Å². The average Bonchev–Trinajstić information content (AvgIpc) is 3.50. The molecule has 4 rings (SSSR count). The summed E-state index contributed by atoms with van der Waals surface area (Å²) >= 11 is 0. The van der Waals surface area contributed by atoms with Crippen LogP contribution >= 0.6 is 0 Å². The summed E-state index contributed by atoms with van der Waals surface area (Å²) in [5, 5.41) is 12.0. The standard InChI is InChI=1S/C23H23N3O4S/c27-23(25-28)11-6-18-12-13-26(16-18)31(29,30)22-3-1-2-20(14-22)19-7-4-17(5-8-19)15-24-21-9-10-21/h1-8,11-14,16,21,24,28H,9-10,15H2,(H,25,27). The molecule has 2 aromatic carbocycles. The number of hydrogen-bond acceptors (Lipinski definition) is 5. The van der Waals surface area contributed by atoms with Gasteiger partial charge in [-0.2, -0.15) is 0 Å². The fourth-order valence-corrected chi connectivity index (χ4v) is 4.42. The Balaban J connectivity index is 1.53. The first-order chi connectivity index (χ1) is 15.0. The molecular formula is C23H23N3O4S. The Morgan fingerprint density at radius 2 is 1.87 bits per heavy atom.